The molecule has 1 aliphatic heterocycles. The van der Waals surface area contributed by atoms with Crippen molar-refractivity contribution in [3.05, 3.63) is 58.9 Å². The highest BCUT2D eigenvalue weighted by Crippen LogP contribution is 2.40. The summed E-state index contributed by atoms with van der Waals surface area (Å²) in [6, 6.07) is 16.5. The number of benzene rings is 2. The highest BCUT2D eigenvalue weighted by Gasteiger charge is 2.25. The fourth-order valence-electron chi connectivity index (χ4n) is 5.29. The van der Waals surface area contributed by atoms with Crippen LogP contribution >= 0.6 is 22.7 Å². The minimum absolute atomic E-state index is 0.177. The predicted octanol–water partition coefficient (Wildman–Crippen LogP) is 8.57. The molecule has 0 amide bonds. The van der Waals surface area contributed by atoms with Crippen LogP contribution in [0.4, 0.5) is 4.39 Å². The molecular formula is C25H31Cl2FSi. The van der Waals surface area contributed by atoms with Crippen molar-refractivity contribution < 1.29 is 4.39 Å². The summed E-state index contributed by atoms with van der Waals surface area (Å²) >= 11 is 12.2. The van der Waals surface area contributed by atoms with Crippen LogP contribution in [-0.4, -0.2) is 8.11 Å². The van der Waals surface area contributed by atoms with Gasteiger partial charge >= 0.3 is 0 Å². The summed E-state index contributed by atoms with van der Waals surface area (Å²) < 4.78 is 13.7. The average Bonchev–Trinajstić information content (AvgIpc) is 2.76. The summed E-state index contributed by atoms with van der Waals surface area (Å²) in [6.45, 7) is 0. The van der Waals surface area contributed by atoms with Gasteiger partial charge in [0.1, 0.15) is 13.9 Å². The lowest BCUT2D eigenvalue weighted by Crippen LogP contribution is -2.18. The number of hydrogen-bond acceptors (Lipinski definition) is 0. The maximum absolute atomic E-state index is 13.7. The second kappa shape index (κ2) is 9.98. The number of hydrogen-bond donors (Lipinski definition) is 0. The first-order valence-corrected chi connectivity index (χ1v) is 15.0. The van der Waals surface area contributed by atoms with Crippen LogP contribution in [0.3, 0.4) is 0 Å². The normalized spacial score (nSPS) is 27.7. The minimum Gasteiger partial charge on any atom is -0.205 e. The van der Waals surface area contributed by atoms with Gasteiger partial charge in [-0.2, -0.15) is 11.1 Å². The van der Waals surface area contributed by atoms with Gasteiger partial charge < -0.3 is 0 Å². The van der Waals surface area contributed by atoms with Gasteiger partial charge in [-0.1, -0.05) is 67.6 Å². The summed E-state index contributed by atoms with van der Waals surface area (Å²) in [4.78, 5) is 0. The zero-order chi connectivity index (χ0) is 20.2. The molecule has 2 aromatic rings. The molecule has 0 radical (unpaired) electrons. The fourth-order valence-corrected chi connectivity index (χ4v) is 8.12. The topological polar surface area (TPSA) is 0 Å². The van der Waals surface area contributed by atoms with E-state index in [1.54, 1.807) is 6.07 Å². The Morgan fingerprint density at radius 3 is 2.00 bits per heavy atom. The smallest absolute Gasteiger partial charge is 0.142 e. The molecule has 4 heteroatoms. The van der Waals surface area contributed by atoms with Gasteiger partial charge in [0.05, 0.1) is 5.02 Å². The highest BCUT2D eigenvalue weighted by molar-refractivity contribution is 7.07. The van der Waals surface area contributed by atoms with Crippen molar-refractivity contribution in [2.24, 2.45) is 11.8 Å². The van der Waals surface area contributed by atoms with Crippen LogP contribution in [0, 0.1) is 17.7 Å². The van der Waals surface area contributed by atoms with Gasteiger partial charge in [-0.3, -0.25) is 0 Å². The molecular weight excluding hydrogens is 418 g/mol. The van der Waals surface area contributed by atoms with E-state index in [1.807, 2.05) is 6.07 Å². The van der Waals surface area contributed by atoms with Gasteiger partial charge in [-0.25, -0.2) is 4.39 Å². The molecule has 1 heterocycles. The van der Waals surface area contributed by atoms with Gasteiger partial charge in [-0.05, 0) is 84.3 Å². The minimum atomic E-state index is -0.817. The summed E-state index contributed by atoms with van der Waals surface area (Å²) in [5, 5.41) is 0.177. The SMILES string of the molecule is Fc1cc(-c2ccc([C@H]3CC[C@H](CCC4CC[SiH](Cl)CC4)CC3)cc2)ccc1Cl. The van der Waals surface area contributed by atoms with Crippen LogP contribution in [0.15, 0.2) is 42.5 Å². The predicted molar refractivity (Wildman–Crippen MR) is 126 cm³/mol. The molecule has 1 saturated heterocycles. The van der Waals surface area contributed by atoms with Crippen molar-refractivity contribution in [1.82, 2.24) is 0 Å². The van der Waals surface area contributed by atoms with Crippen molar-refractivity contribution in [3.63, 3.8) is 0 Å². The maximum Gasteiger partial charge on any atom is 0.142 e. The molecule has 2 fully saturated rings. The van der Waals surface area contributed by atoms with Crippen molar-refractivity contribution in [2.75, 3.05) is 0 Å². The monoisotopic (exact) mass is 448 g/mol. The zero-order valence-electron chi connectivity index (χ0n) is 17.1. The lowest BCUT2D eigenvalue weighted by Gasteiger charge is -2.31. The van der Waals surface area contributed by atoms with E-state index in [0.29, 0.717) is 5.92 Å². The van der Waals surface area contributed by atoms with Crippen LogP contribution in [0.5, 0.6) is 0 Å². The zero-order valence-corrected chi connectivity index (χ0v) is 19.7. The van der Waals surface area contributed by atoms with Crippen molar-refractivity contribution in [2.45, 2.75) is 69.4 Å². The van der Waals surface area contributed by atoms with Crippen molar-refractivity contribution >= 4 is 30.8 Å². The molecule has 2 aliphatic rings. The molecule has 29 heavy (non-hydrogen) atoms. The van der Waals surface area contributed by atoms with Crippen LogP contribution in [0.1, 0.15) is 62.8 Å². The molecule has 4 rings (SSSR count). The van der Waals surface area contributed by atoms with Crippen molar-refractivity contribution in [1.29, 1.82) is 0 Å². The first-order chi connectivity index (χ1) is 14.1. The van der Waals surface area contributed by atoms with Crippen molar-refractivity contribution in [3.8, 4) is 11.1 Å². The Balaban J connectivity index is 1.27. The van der Waals surface area contributed by atoms with Gasteiger partial charge in [0.25, 0.3) is 0 Å². The van der Waals surface area contributed by atoms with E-state index in [1.165, 1.54) is 75.1 Å². The van der Waals surface area contributed by atoms with Crippen LogP contribution in [-0.2, 0) is 0 Å². The van der Waals surface area contributed by atoms with Gasteiger partial charge in [0.2, 0.25) is 0 Å². The van der Waals surface area contributed by atoms with E-state index < -0.39 is 8.11 Å². The van der Waals surface area contributed by atoms with E-state index in [0.717, 1.165) is 23.0 Å². The van der Waals surface area contributed by atoms with Crippen LogP contribution < -0.4 is 0 Å². The lowest BCUT2D eigenvalue weighted by atomic mass is 9.76. The molecule has 0 bridgehead atoms. The van der Waals surface area contributed by atoms with Crippen LogP contribution in [0.25, 0.3) is 11.1 Å². The summed E-state index contributed by atoms with van der Waals surface area (Å²) in [5.74, 6) is 2.21. The molecule has 0 N–H and O–H groups in total. The van der Waals surface area contributed by atoms with Gasteiger partial charge in [0, 0.05) is 0 Å². The number of rotatable bonds is 5. The second-order valence-electron chi connectivity index (χ2n) is 9.16. The lowest BCUT2D eigenvalue weighted by molar-refractivity contribution is 0.280. The molecule has 1 aliphatic carbocycles. The number of halogens is 3. The largest absolute Gasteiger partial charge is 0.205 e. The third kappa shape index (κ3) is 5.65. The molecule has 156 valence electrons. The third-order valence-corrected chi connectivity index (χ3v) is 10.8. The molecule has 0 nitrogen and oxygen atoms in total. The first-order valence-electron chi connectivity index (χ1n) is 11.3. The molecule has 0 unspecified atom stereocenters. The Morgan fingerprint density at radius 2 is 1.38 bits per heavy atom. The van der Waals surface area contributed by atoms with Crippen LogP contribution in [0.2, 0.25) is 17.1 Å². The summed E-state index contributed by atoms with van der Waals surface area (Å²) in [6.07, 6.45) is 11.0. The Bertz CT molecular complexity index is 791. The Kier molecular flexibility index (Phi) is 7.37. The third-order valence-electron chi connectivity index (χ3n) is 7.24. The Hall–Kier alpha value is -0.833. The fraction of sp³-hybridized carbons (Fsp3) is 0.520. The van der Waals surface area contributed by atoms with E-state index >= 15 is 0 Å². The van der Waals surface area contributed by atoms with E-state index in [4.69, 9.17) is 22.7 Å². The Labute approximate surface area is 186 Å². The van der Waals surface area contributed by atoms with Gasteiger partial charge in [0.15, 0.2) is 0 Å². The standard InChI is InChI=1S/C25H31Cl2FSi/c26-24-12-11-23(17-25(24)28)22-9-7-21(8-10-22)20-5-3-18(4-6-20)1-2-19-13-15-29(27)16-14-19/h7-12,17-20,29H,1-6,13-16H2/t18-,19?,20-,29?. The average molecular weight is 450 g/mol. The van der Waals surface area contributed by atoms with E-state index in [9.17, 15) is 4.39 Å². The Morgan fingerprint density at radius 1 is 0.793 bits per heavy atom. The molecule has 0 aromatic heterocycles. The van der Waals surface area contributed by atoms with E-state index in [2.05, 4.69) is 24.3 Å². The second-order valence-corrected chi connectivity index (χ2v) is 13.8. The first kappa shape index (κ1) is 21.4. The quantitative estimate of drug-likeness (QED) is 0.317. The molecule has 0 spiro atoms. The highest BCUT2D eigenvalue weighted by atomic mass is 35.6. The van der Waals surface area contributed by atoms with E-state index in [-0.39, 0.29) is 10.8 Å². The molecule has 0 atom stereocenters. The maximum atomic E-state index is 13.7. The molecule has 2 aromatic carbocycles. The molecule has 1 saturated carbocycles. The summed E-state index contributed by atoms with van der Waals surface area (Å²) in [5.41, 5.74) is 3.37. The van der Waals surface area contributed by atoms with Gasteiger partial charge in [-0.15, -0.1) is 0 Å². The summed E-state index contributed by atoms with van der Waals surface area (Å²) in [7, 11) is -0.817.